The molecular formula is C16H21FN2O5. The molecule has 0 aliphatic heterocycles. The highest BCUT2D eigenvalue weighted by molar-refractivity contribution is 5.81. The molecule has 0 aliphatic carbocycles. The van der Waals surface area contributed by atoms with E-state index >= 15 is 0 Å². The maximum absolute atomic E-state index is 13.8. The second-order valence-electron chi connectivity index (χ2n) is 6.00. The van der Waals surface area contributed by atoms with E-state index in [1.807, 2.05) is 0 Å². The molecule has 7 nitrogen and oxygen atoms in total. The van der Waals surface area contributed by atoms with Crippen LogP contribution in [0.4, 0.5) is 14.9 Å². The second-order valence-corrected chi connectivity index (χ2v) is 6.00. The smallest absolute Gasteiger partial charge is 0.408 e. The molecule has 8 heteroatoms. The summed E-state index contributed by atoms with van der Waals surface area (Å²) in [5, 5.41) is 4.61. The van der Waals surface area contributed by atoms with Crippen LogP contribution in [0, 0.1) is 5.82 Å². The average Bonchev–Trinajstić information content (AvgIpc) is 2.46. The van der Waals surface area contributed by atoms with Gasteiger partial charge in [-0.2, -0.15) is 0 Å². The first-order chi connectivity index (χ1) is 11.2. The summed E-state index contributed by atoms with van der Waals surface area (Å²) in [7, 11) is 1.18. The summed E-state index contributed by atoms with van der Waals surface area (Å²) in [6.45, 7) is 5.07. The summed E-state index contributed by atoms with van der Waals surface area (Å²) in [5.74, 6) is -1.34. The first-order valence-corrected chi connectivity index (χ1v) is 7.22. The number of anilines is 1. The molecule has 0 fully saturated rings. The molecule has 0 saturated carbocycles. The molecule has 1 aromatic carbocycles. The molecule has 0 bridgehead atoms. The number of amides is 2. The number of carbonyl (C=O) groups excluding carboxylic acids is 3. The van der Waals surface area contributed by atoms with E-state index in [0.717, 1.165) is 0 Å². The molecule has 24 heavy (non-hydrogen) atoms. The minimum absolute atomic E-state index is 0.00417. The first kappa shape index (κ1) is 19.4. The zero-order chi connectivity index (χ0) is 18.3. The lowest BCUT2D eigenvalue weighted by atomic mass is 10.1. The fourth-order valence-electron chi connectivity index (χ4n) is 1.89. The molecule has 0 unspecified atom stereocenters. The van der Waals surface area contributed by atoms with E-state index in [9.17, 15) is 18.8 Å². The van der Waals surface area contributed by atoms with Crippen LogP contribution in [-0.4, -0.2) is 37.2 Å². The zero-order valence-corrected chi connectivity index (χ0v) is 14.0. The highest BCUT2D eigenvalue weighted by atomic mass is 19.1. The Kier molecular flexibility index (Phi) is 6.69. The number of carbonyl (C=O) groups is 3. The lowest BCUT2D eigenvalue weighted by molar-refractivity contribution is -0.143. The summed E-state index contributed by atoms with van der Waals surface area (Å²) < 4.78 is 23.5. The topological polar surface area (TPSA) is 93.7 Å². The van der Waals surface area contributed by atoms with Gasteiger partial charge < -0.3 is 20.1 Å². The fourth-order valence-corrected chi connectivity index (χ4v) is 1.89. The number of hydrogen-bond donors (Lipinski definition) is 2. The van der Waals surface area contributed by atoms with Gasteiger partial charge in [-0.3, -0.25) is 4.79 Å². The Bertz CT molecular complexity index is 613. The van der Waals surface area contributed by atoms with E-state index in [1.54, 1.807) is 20.8 Å². The molecule has 0 aromatic heterocycles. The Morgan fingerprint density at radius 3 is 2.50 bits per heavy atom. The van der Waals surface area contributed by atoms with Gasteiger partial charge in [-0.25, -0.2) is 14.0 Å². The average molecular weight is 340 g/mol. The quantitative estimate of drug-likeness (QED) is 0.610. The lowest BCUT2D eigenvalue weighted by Gasteiger charge is -2.22. The summed E-state index contributed by atoms with van der Waals surface area (Å²) in [6.07, 6.45) is -0.415. The predicted molar refractivity (Wildman–Crippen MR) is 85.0 cm³/mol. The molecule has 1 aromatic rings. The van der Waals surface area contributed by atoms with Gasteiger partial charge in [0.2, 0.25) is 6.41 Å². The Labute approximate surface area is 139 Å². The van der Waals surface area contributed by atoms with Gasteiger partial charge in [0.05, 0.1) is 12.8 Å². The van der Waals surface area contributed by atoms with Gasteiger partial charge in [0.25, 0.3) is 0 Å². The Morgan fingerprint density at radius 1 is 1.33 bits per heavy atom. The molecular weight excluding hydrogens is 319 g/mol. The van der Waals surface area contributed by atoms with Gasteiger partial charge in [-0.15, -0.1) is 0 Å². The van der Waals surface area contributed by atoms with Crippen molar-refractivity contribution in [1.29, 1.82) is 0 Å². The number of nitrogens with one attached hydrogen (secondary N) is 2. The number of hydrogen-bond acceptors (Lipinski definition) is 5. The van der Waals surface area contributed by atoms with Crippen LogP contribution in [0.15, 0.2) is 18.2 Å². The highest BCUT2D eigenvalue weighted by Gasteiger charge is 2.25. The van der Waals surface area contributed by atoms with Crippen molar-refractivity contribution in [3.8, 4) is 0 Å². The van der Waals surface area contributed by atoms with Gasteiger partial charge in [0.1, 0.15) is 17.5 Å². The van der Waals surface area contributed by atoms with Crippen LogP contribution in [0.5, 0.6) is 0 Å². The van der Waals surface area contributed by atoms with Crippen molar-refractivity contribution in [2.45, 2.75) is 38.8 Å². The highest BCUT2D eigenvalue weighted by Crippen LogP contribution is 2.17. The fraction of sp³-hybridized carbons (Fsp3) is 0.438. The minimum Gasteiger partial charge on any atom is -0.467 e. The van der Waals surface area contributed by atoms with Crippen LogP contribution in [0.1, 0.15) is 26.3 Å². The van der Waals surface area contributed by atoms with E-state index in [-0.39, 0.29) is 12.1 Å². The van der Waals surface area contributed by atoms with E-state index < -0.39 is 29.5 Å². The van der Waals surface area contributed by atoms with Crippen molar-refractivity contribution in [2.75, 3.05) is 12.4 Å². The number of alkyl carbamates (subject to hydrolysis) is 1. The van der Waals surface area contributed by atoms with Crippen molar-refractivity contribution in [3.05, 3.63) is 29.6 Å². The van der Waals surface area contributed by atoms with Crippen LogP contribution in [0.2, 0.25) is 0 Å². The summed E-state index contributed by atoms with van der Waals surface area (Å²) >= 11 is 0. The monoisotopic (exact) mass is 340 g/mol. The molecule has 0 heterocycles. The van der Waals surface area contributed by atoms with E-state index in [2.05, 4.69) is 15.4 Å². The normalized spacial score (nSPS) is 12.0. The summed E-state index contributed by atoms with van der Waals surface area (Å²) in [6, 6.07) is 3.02. The van der Waals surface area contributed by atoms with E-state index in [4.69, 9.17) is 4.74 Å². The van der Waals surface area contributed by atoms with Gasteiger partial charge in [0, 0.05) is 6.42 Å². The standard InChI is InChI=1S/C16H21FN2O5/c1-16(2,3)24-15(22)19-13(14(21)23-4)8-10-5-6-12(18-9-20)11(17)7-10/h5-7,9,13H,8H2,1-4H3,(H,18,20)(H,19,22)/t13-/m0/s1. The number of halogens is 1. The third kappa shape index (κ3) is 6.23. The molecule has 0 aliphatic rings. The van der Waals surface area contributed by atoms with Crippen molar-refractivity contribution < 1.29 is 28.2 Å². The third-order valence-electron chi connectivity index (χ3n) is 2.86. The molecule has 0 saturated heterocycles. The van der Waals surface area contributed by atoms with Gasteiger partial charge in [0.15, 0.2) is 0 Å². The molecule has 0 spiro atoms. The van der Waals surface area contributed by atoms with Crippen molar-refractivity contribution in [1.82, 2.24) is 5.32 Å². The molecule has 1 rings (SSSR count). The maximum atomic E-state index is 13.8. The number of esters is 1. The SMILES string of the molecule is COC(=O)[C@H](Cc1ccc(NC=O)c(F)c1)NC(=O)OC(C)(C)C. The maximum Gasteiger partial charge on any atom is 0.408 e. The van der Waals surface area contributed by atoms with Crippen LogP contribution in [-0.2, 0) is 25.5 Å². The van der Waals surface area contributed by atoms with E-state index in [1.165, 1.54) is 25.3 Å². The third-order valence-corrected chi connectivity index (χ3v) is 2.86. The summed E-state index contributed by atoms with van der Waals surface area (Å²) in [4.78, 5) is 34.0. The van der Waals surface area contributed by atoms with Crippen molar-refractivity contribution in [2.24, 2.45) is 0 Å². The Morgan fingerprint density at radius 2 is 2.00 bits per heavy atom. The first-order valence-electron chi connectivity index (χ1n) is 7.22. The molecule has 132 valence electrons. The Hall–Kier alpha value is -2.64. The van der Waals surface area contributed by atoms with Gasteiger partial charge >= 0.3 is 12.1 Å². The largest absolute Gasteiger partial charge is 0.467 e. The molecule has 2 N–H and O–H groups in total. The van der Waals surface area contributed by atoms with E-state index in [0.29, 0.717) is 12.0 Å². The van der Waals surface area contributed by atoms with Crippen molar-refractivity contribution in [3.63, 3.8) is 0 Å². The molecule has 0 radical (unpaired) electrons. The van der Waals surface area contributed by atoms with Crippen molar-refractivity contribution >= 4 is 24.2 Å². The lowest BCUT2D eigenvalue weighted by Crippen LogP contribution is -2.45. The van der Waals surface area contributed by atoms with Crippen LogP contribution in [0.3, 0.4) is 0 Å². The predicted octanol–water partition coefficient (Wildman–Crippen LogP) is 2.00. The molecule has 2 amide bonds. The number of benzene rings is 1. The second kappa shape index (κ2) is 8.28. The molecule has 1 atom stereocenters. The number of rotatable bonds is 6. The number of methoxy groups -OCH3 is 1. The van der Waals surface area contributed by atoms with Crippen LogP contribution < -0.4 is 10.6 Å². The Balaban J connectivity index is 2.86. The number of ether oxygens (including phenoxy) is 2. The van der Waals surface area contributed by atoms with Gasteiger partial charge in [-0.05, 0) is 38.5 Å². The summed E-state index contributed by atoms with van der Waals surface area (Å²) in [5.41, 5.74) is -0.266. The minimum atomic E-state index is -1.03. The van der Waals surface area contributed by atoms with Crippen LogP contribution in [0.25, 0.3) is 0 Å². The van der Waals surface area contributed by atoms with Gasteiger partial charge in [-0.1, -0.05) is 6.07 Å². The van der Waals surface area contributed by atoms with Crippen LogP contribution >= 0.6 is 0 Å². The zero-order valence-electron chi connectivity index (χ0n) is 14.0.